The van der Waals surface area contributed by atoms with Crippen molar-refractivity contribution in [3.63, 3.8) is 0 Å². The van der Waals surface area contributed by atoms with Gasteiger partial charge in [0, 0.05) is 13.1 Å². The Labute approximate surface area is 103 Å². The summed E-state index contributed by atoms with van der Waals surface area (Å²) in [6.07, 6.45) is 2.42. The molecular weight excluding hydrogens is 212 g/mol. The molecular formula is C14H20N2O. The van der Waals surface area contributed by atoms with Gasteiger partial charge in [0.05, 0.1) is 12.3 Å². The van der Waals surface area contributed by atoms with E-state index in [0.717, 1.165) is 37.8 Å². The smallest absolute Gasteiger partial charge is 0.142 e. The second-order valence-corrected chi connectivity index (χ2v) is 4.97. The number of benzene rings is 1. The van der Waals surface area contributed by atoms with Gasteiger partial charge < -0.3 is 15.0 Å². The summed E-state index contributed by atoms with van der Waals surface area (Å²) >= 11 is 0. The maximum absolute atomic E-state index is 5.79. The molecule has 1 aromatic rings. The van der Waals surface area contributed by atoms with E-state index in [1.807, 2.05) is 0 Å². The van der Waals surface area contributed by atoms with Crippen molar-refractivity contribution in [3.05, 3.63) is 24.3 Å². The van der Waals surface area contributed by atoms with Gasteiger partial charge in [0.2, 0.25) is 0 Å². The topological polar surface area (TPSA) is 24.5 Å². The molecule has 1 atom stereocenters. The zero-order valence-corrected chi connectivity index (χ0v) is 10.2. The van der Waals surface area contributed by atoms with Crippen molar-refractivity contribution in [2.75, 3.05) is 37.7 Å². The molecule has 92 valence electrons. The SMILES string of the molecule is c1ccc2c(c1)OCCCN2CC1CCNC1. The van der Waals surface area contributed by atoms with E-state index in [0.29, 0.717) is 0 Å². The Balaban J connectivity index is 1.78. The minimum Gasteiger partial charge on any atom is -0.491 e. The van der Waals surface area contributed by atoms with Crippen molar-refractivity contribution in [3.8, 4) is 5.75 Å². The normalized spacial score (nSPS) is 24.0. The van der Waals surface area contributed by atoms with Gasteiger partial charge in [-0.15, -0.1) is 0 Å². The summed E-state index contributed by atoms with van der Waals surface area (Å²) < 4.78 is 5.79. The van der Waals surface area contributed by atoms with E-state index < -0.39 is 0 Å². The van der Waals surface area contributed by atoms with E-state index in [1.54, 1.807) is 0 Å². The molecule has 0 bridgehead atoms. The zero-order chi connectivity index (χ0) is 11.5. The molecule has 1 fully saturated rings. The molecule has 2 heterocycles. The average Bonchev–Trinajstić information content (AvgIpc) is 2.78. The average molecular weight is 232 g/mol. The first-order valence-electron chi connectivity index (χ1n) is 6.61. The van der Waals surface area contributed by atoms with E-state index in [-0.39, 0.29) is 0 Å². The Hall–Kier alpha value is -1.22. The highest BCUT2D eigenvalue weighted by atomic mass is 16.5. The van der Waals surface area contributed by atoms with E-state index >= 15 is 0 Å². The summed E-state index contributed by atoms with van der Waals surface area (Å²) in [6.45, 7) is 5.47. The van der Waals surface area contributed by atoms with Gasteiger partial charge in [-0.1, -0.05) is 12.1 Å². The van der Waals surface area contributed by atoms with Gasteiger partial charge in [-0.2, -0.15) is 0 Å². The first-order valence-corrected chi connectivity index (χ1v) is 6.61. The van der Waals surface area contributed by atoms with Crippen LogP contribution in [-0.2, 0) is 0 Å². The molecule has 1 aromatic carbocycles. The van der Waals surface area contributed by atoms with Crippen molar-refractivity contribution in [1.82, 2.24) is 5.32 Å². The van der Waals surface area contributed by atoms with Gasteiger partial charge >= 0.3 is 0 Å². The Bertz CT molecular complexity index is 374. The molecule has 0 spiro atoms. The van der Waals surface area contributed by atoms with E-state index in [9.17, 15) is 0 Å². The summed E-state index contributed by atoms with van der Waals surface area (Å²) in [4.78, 5) is 2.50. The molecule has 0 radical (unpaired) electrons. The summed E-state index contributed by atoms with van der Waals surface area (Å²) in [6, 6.07) is 8.43. The minimum absolute atomic E-state index is 0.793. The van der Waals surface area contributed by atoms with E-state index in [4.69, 9.17) is 4.74 Å². The third-order valence-corrected chi connectivity index (χ3v) is 3.68. The third kappa shape index (κ3) is 2.39. The first kappa shape index (κ1) is 10.9. The second kappa shape index (κ2) is 4.96. The predicted molar refractivity (Wildman–Crippen MR) is 69.7 cm³/mol. The molecule has 17 heavy (non-hydrogen) atoms. The van der Waals surface area contributed by atoms with Crippen LogP contribution >= 0.6 is 0 Å². The lowest BCUT2D eigenvalue weighted by Gasteiger charge is -2.26. The Morgan fingerprint density at radius 1 is 1.35 bits per heavy atom. The molecule has 0 amide bonds. The highest BCUT2D eigenvalue weighted by Crippen LogP contribution is 2.31. The highest BCUT2D eigenvalue weighted by Gasteiger charge is 2.21. The lowest BCUT2D eigenvalue weighted by atomic mass is 10.1. The van der Waals surface area contributed by atoms with Gasteiger partial charge in [-0.25, -0.2) is 0 Å². The quantitative estimate of drug-likeness (QED) is 0.842. The summed E-state index contributed by atoms with van der Waals surface area (Å²) in [5, 5.41) is 3.44. The standard InChI is InChI=1S/C14H20N2O/c1-2-5-14-13(4-1)16(8-3-9-17-14)11-12-6-7-15-10-12/h1-2,4-5,12,15H,3,6-11H2. The number of hydrogen-bond acceptors (Lipinski definition) is 3. The van der Waals surface area contributed by atoms with Crippen molar-refractivity contribution in [2.24, 2.45) is 5.92 Å². The predicted octanol–water partition coefficient (Wildman–Crippen LogP) is 1.88. The molecule has 1 N–H and O–H groups in total. The van der Waals surface area contributed by atoms with Gasteiger partial charge in [-0.3, -0.25) is 0 Å². The van der Waals surface area contributed by atoms with Crippen molar-refractivity contribution in [2.45, 2.75) is 12.8 Å². The fourth-order valence-electron chi connectivity index (χ4n) is 2.77. The van der Waals surface area contributed by atoms with Crippen LogP contribution in [0, 0.1) is 5.92 Å². The molecule has 3 rings (SSSR count). The number of ether oxygens (including phenoxy) is 1. The molecule has 0 aliphatic carbocycles. The maximum Gasteiger partial charge on any atom is 0.142 e. The molecule has 0 aromatic heterocycles. The van der Waals surface area contributed by atoms with Crippen LogP contribution in [0.1, 0.15) is 12.8 Å². The van der Waals surface area contributed by atoms with Crippen molar-refractivity contribution < 1.29 is 4.74 Å². The van der Waals surface area contributed by atoms with Crippen LogP contribution in [0.4, 0.5) is 5.69 Å². The van der Waals surface area contributed by atoms with Crippen LogP contribution < -0.4 is 15.0 Å². The molecule has 1 unspecified atom stereocenters. The summed E-state index contributed by atoms with van der Waals surface area (Å²) in [7, 11) is 0. The summed E-state index contributed by atoms with van der Waals surface area (Å²) in [5.41, 5.74) is 1.27. The van der Waals surface area contributed by atoms with Gasteiger partial charge in [0.1, 0.15) is 5.75 Å². The summed E-state index contributed by atoms with van der Waals surface area (Å²) in [5.74, 6) is 1.84. The molecule has 2 aliphatic heterocycles. The van der Waals surface area contributed by atoms with Crippen LogP contribution in [0.3, 0.4) is 0 Å². The molecule has 2 aliphatic rings. The fraction of sp³-hybridized carbons (Fsp3) is 0.571. The Morgan fingerprint density at radius 3 is 3.18 bits per heavy atom. The number of nitrogens with zero attached hydrogens (tertiary/aromatic N) is 1. The van der Waals surface area contributed by atoms with E-state index in [2.05, 4.69) is 34.5 Å². The third-order valence-electron chi connectivity index (χ3n) is 3.68. The van der Waals surface area contributed by atoms with Crippen LogP contribution in [-0.4, -0.2) is 32.8 Å². The number of nitrogens with one attached hydrogen (secondary N) is 1. The fourth-order valence-corrected chi connectivity index (χ4v) is 2.77. The number of anilines is 1. The maximum atomic E-state index is 5.79. The van der Waals surface area contributed by atoms with Crippen LogP contribution in [0.25, 0.3) is 0 Å². The van der Waals surface area contributed by atoms with Gasteiger partial charge in [-0.05, 0) is 44.0 Å². The van der Waals surface area contributed by atoms with Gasteiger partial charge in [0.25, 0.3) is 0 Å². The molecule has 3 heteroatoms. The lowest BCUT2D eigenvalue weighted by Crippen LogP contribution is -2.31. The Kier molecular flexibility index (Phi) is 3.18. The molecule has 0 saturated carbocycles. The van der Waals surface area contributed by atoms with Crippen molar-refractivity contribution >= 4 is 5.69 Å². The minimum atomic E-state index is 0.793. The number of hydrogen-bond donors (Lipinski definition) is 1. The first-order chi connectivity index (χ1) is 8.43. The van der Waals surface area contributed by atoms with Crippen LogP contribution in [0.2, 0.25) is 0 Å². The molecule has 1 saturated heterocycles. The largest absolute Gasteiger partial charge is 0.491 e. The van der Waals surface area contributed by atoms with Crippen LogP contribution in [0.5, 0.6) is 5.75 Å². The second-order valence-electron chi connectivity index (χ2n) is 4.97. The number of rotatable bonds is 2. The van der Waals surface area contributed by atoms with Crippen molar-refractivity contribution in [1.29, 1.82) is 0 Å². The molecule has 3 nitrogen and oxygen atoms in total. The zero-order valence-electron chi connectivity index (χ0n) is 10.2. The van der Waals surface area contributed by atoms with Crippen LogP contribution in [0.15, 0.2) is 24.3 Å². The number of para-hydroxylation sites is 2. The van der Waals surface area contributed by atoms with E-state index in [1.165, 1.54) is 25.2 Å². The number of fused-ring (bicyclic) bond motifs is 1. The lowest BCUT2D eigenvalue weighted by molar-refractivity contribution is 0.322. The Morgan fingerprint density at radius 2 is 2.29 bits per heavy atom. The monoisotopic (exact) mass is 232 g/mol. The highest BCUT2D eigenvalue weighted by molar-refractivity contribution is 5.59. The van der Waals surface area contributed by atoms with Gasteiger partial charge in [0.15, 0.2) is 0 Å².